The van der Waals surface area contributed by atoms with Gasteiger partial charge in [0.25, 0.3) is 0 Å². The first-order valence-corrected chi connectivity index (χ1v) is 6.31. The van der Waals surface area contributed by atoms with Crippen LogP contribution in [0.1, 0.15) is 24.2 Å². The Bertz CT molecular complexity index is 392. The fraction of sp³-hybridized carbons (Fsp3) is 0.417. The van der Waals surface area contributed by atoms with E-state index in [1.807, 2.05) is 13.8 Å². The van der Waals surface area contributed by atoms with Crippen molar-refractivity contribution in [3.63, 3.8) is 0 Å². The van der Waals surface area contributed by atoms with Gasteiger partial charge in [0.15, 0.2) is 17.8 Å². The lowest BCUT2D eigenvalue weighted by molar-refractivity contribution is -0.0628. The van der Waals surface area contributed by atoms with E-state index in [9.17, 15) is 4.79 Å². The Morgan fingerprint density at radius 2 is 2.18 bits per heavy atom. The lowest BCUT2D eigenvalue weighted by atomic mass is 10.2. The number of carbonyl (C=O) groups is 1. The predicted molar refractivity (Wildman–Crippen MR) is 72.8 cm³/mol. The number of carbonyl (C=O) groups excluding carboxylic acids is 1. The number of aldehydes is 1. The summed E-state index contributed by atoms with van der Waals surface area (Å²) < 4.78 is 17.0. The molecule has 0 aliphatic rings. The van der Waals surface area contributed by atoms with Crippen LogP contribution >= 0.6 is 22.6 Å². The van der Waals surface area contributed by atoms with E-state index >= 15 is 0 Å². The van der Waals surface area contributed by atoms with Crippen molar-refractivity contribution in [2.24, 2.45) is 0 Å². The standard InChI is InChI=1S/C12H15IO4/c1-4-16-8(2)17-12-10(13)5-9(7-14)6-11(12)15-3/h5-8H,4H2,1-3H3. The van der Waals surface area contributed by atoms with E-state index in [1.165, 1.54) is 7.11 Å². The molecule has 0 saturated carbocycles. The second-order valence-electron chi connectivity index (χ2n) is 3.29. The zero-order chi connectivity index (χ0) is 12.8. The van der Waals surface area contributed by atoms with Gasteiger partial charge < -0.3 is 14.2 Å². The molecule has 17 heavy (non-hydrogen) atoms. The number of hydrogen-bond donors (Lipinski definition) is 0. The summed E-state index contributed by atoms with van der Waals surface area (Å²) in [6, 6.07) is 3.38. The van der Waals surface area contributed by atoms with Gasteiger partial charge in [0.1, 0.15) is 6.29 Å². The van der Waals surface area contributed by atoms with E-state index in [0.717, 1.165) is 9.86 Å². The summed E-state index contributed by atoms with van der Waals surface area (Å²) in [5, 5.41) is 0. The molecule has 0 aromatic heterocycles. The highest BCUT2D eigenvalue weighted by molar-refractivity contribution is 14.1. The minimum Gasteiger partial charge on any atom is -0.493 e. The molecule has 5 heteroatoms. The number of methoxy groups -OCH3 is 1. The van der Waals surface area contributed by atoms with E-state index in [2.05, 4.69) is 22.6 Å². The topological polar surface area (TPSA) is 44.8 Å². The predicted octanol–water partition coefficient (Wildman–Crippen LogP) is 2.87. The summed E-state index contributed by atoms with van der Waals surface area (Å²) in [6.45, 7) is 4.29. The first-order chi connectivity index (χ1) is 8.12. The molecule has 0 aliphatic carbocycles. The van der Waals surface area contributed by atoms with Gasteiger partial charge in [0.2, 0.25) is 0 Å². The van der Waals surface area contributed by atoms with Crippen molar-refractivity contribution in [3.8, 4) is 11.5 Å². The molecule has 1 atom stereocenters. The average molecular weight is 350 g/mol. The van der Waals surface area contributed by atoms with Gasteiger partial charge in [-0.2, -0.15) is 0 Å². The zero-order valence-electron chi connectivity index (χ0n) is 10.0. The molecule has 0 radical (unpaired) electrons. The minimum absolute atomic E-state index is 0.357. The molecule has 94 valence electrons. The second-order valence-corrected chi connectivity index (χ2v) is 4.45. The van der Waals surface area contributed by atoms with Gasteiger partial charge in [0, 0.05) is 12.2 Å². The number of halogens is 1. The quantitative estimate of drug-likeness (QED) is 0.450. The average Bonchev–Trinajstić information content (AvgIpc) is 2.31. The van der Waals surface area contributed by atoms with Crippen molar-refractivity contribution in [2.75, 3.05) is 13.7 Å². The second kappa shape index (κ2) is 6.80. The van der Waals surface area contributed by atoms with Crippen molar-refractivity contribution >= 4 is 28.9 Å². The summed E-state index contributed by atoms with van der Waals surface area (Å²) in [5.41, 5.74) is 0.558. The van der Waals surface area contributed by atoms with Crippen LogP contribution in [0.15, 0.2) is 12.1 Å². The van der Waals surface area contributed by atoms with Crippen LogP contribution in [0, 0.1) is 3.57 Å². The highest BCUT2D eigenvalue weighted by atomic mass is 127. The molecule has 0 spiro atoms. The van der Waals surface area contributed by atoms with Crippen molar-refractivity contribution in [1.29, 1.82) is 0 Å². The van der Waals surface area contributed by atoms with Crippen LogP contribution in [0.2, 0.25) is 0 Å². The van der Waals surface area contributed by atoms with E-state index in [-0.39, 0.29) is 6.29 Å². The molecule has 1 aromatic rings. The molecule has 1 rings (SSSR count). The molecule has 0 heterocycles. The van der Waals surface area contributed by atoms with E-state index in [0.29, 0.717) is 23.7 Å². The molecular formula is C12H15IO4. The summed E-state index contributed by atoms with van der Waals surface area (Å²) in [7, 11) is 1.54. The van der Waals surface area contributed by atoms with Gasteiger partial charge in [-0.1, -0.05) is 0 Å². The van der Waals surface area contributed by atoms with Gasteiger partial charge in [-0.15, -0.1) is 0 Å². The van der Waals surface area contributed by atoms with Crippen molar-refractivity contribution < 1.29 is 19.0 Å². The number of benzene rings is 1. The first kappa shape index (κ1) is 14.2. The molecule has 1 unspecified atom stereocenters. The maximum absolute atomic E-state index is 10.7. The van der Waals surface area contributed by atoms with Crippen molar-refractivity contribution in [1.82, 2.24) is 0 Å². The van der Waals surface area contributed by atoms with Gasteiger partial charge in [0.05, 0.1) is 10.7 Å². The van der Waals surface area contributed by atoms with Gasteiger partial charge in [-0.05, 0) is 48.6 Å². The van der Waals surface area contributed by atoms with Crippen LogP contribution in [-0.4, -0.2) is 26.3 Å². The van der Waals surface area contributed by atoms with Gasteiger partial charge in [-0.25, -0.2) is 0 Å². The van der Waals surface area contributed by atoms with E-state index in [4.69, 9.17) is 14.2 Å². The highest BCUT2D eigenvalue weighted by Crippen LogP contribution is 2.34. The Labute approximate surface area is 114 Å². The Morgan fingerprint density at radius 3 is 2.71 bits per heavy atom. The molecule has 0 bridgehead atoms. The Balaban J connectivity index is 3.01. The fourth-order valence-electron chi connectivity index (χ4n) is 1.36. The highest BCUT2D eigenvalue weighted by Gasteiger charge is 2.14. The minimum atomic E-state index is -0.357. The SMILES string of the molecule is CCOC(C)Oc1c(I)cc(C=O)cc1OC. The van der Waals surface area contributed by atoms with Crippen LogP contribution in [0.4, 0.5) is 0 Å². The molecule has 1 aromatic carbocycles. The van der Waals surface area contributed by atoms with Crippen molar-refractivity contribution in [2.45, 2.75) is 20.1 Å². The van der Waals surface area contributed by atoms with Crippen molar-refractivity contribution in [3.05, 3.63) is 21.3 Å². The van der Waals surface area contributed by atoms with Gasteiger partial charge in [-0.3, -0.25) is 4.79 Å². The lowest BCUT2D eigenvalue weighted by Gasteiger charge is -2.18. The molecule has 0 aliphatic heterocycles. The third-order valence-corrected chi connectivity index (χ3v) is 2.87. The molecule has 0 fully saturated rings. The van der Waals surface area contributed by atoms with Crippen LogP contribution in [0.25, 0.3) is 0 Å². The van der Waals surface area contributed by atoms with Crippen LogP contribution < -0.4 is 9.47 Å². The Kier molecular flexibility index (Phi) is 5.70. The third-order valence-electron chi connectivity index (χ3n) is 2.07. The molecule has 0 N–H and O–H groups in total. The zero-order valence-corrected chi connectivity index (χ0v) is 12.2. The van der Waals surface area contributed by atoms with E-state index < -0.39 is 0 Å². The number of ether oxygens (including phenoxy) is 3. The lowest BCUT2D eigenvalue weighted by Crippen LogP contribution is -2.17. The van der Waals surface area contributed by atoms with Crippen LogP contribution in [-0.2, 0) is 4.74 Å². The fourth-order valence-corrected chi connectivity index (χ4v) is 2.11. The number of rotatable bonds is 6. The summed E-state index contributed by atoms with van der Waals surface area (Å²) in [6.07, 6.45) is 0.421. The molecular weight excluding hydrogens is 335 g/mol. The van der Waals surface area contributed by atoms with Gasteiger partial charge >= 0.3 is 0 Å². The first-order valence-electron chi connectivity index (χ1n) is 5.23. The molecule has 0 amide bonds. The maximum atomic E-state index is 10.7. The third kappa shape index (κ3) is 3.85. The number of hydrogen-bond acceptors (Lipinski definition) is 4. The summed E-state index contributed by atoms with van der Waals surface area (Å²) in [4.78, 5) is 10.7. The summed E-state index contributed by atoms with van der Waals surface area (Å²) >= 11 is 2.10. The molecule has 0 saturated heterocycles. The summed E-state index contributed by atoms with van der Waals surface area (Å²) in [5.74, 6) is 1.13. The Morgan fingerprint density at radius 1 is 1.47 bits per heavy atom. The smallest absolute Gasteiger partial charge is 0.197 e. The molecule has 4 nitrogen and oxygen atoms in total. The maximum Gasteiger partial charge on any atom is 0.197 e. The monoisotopic (exact) mass is 350 g/mol. The van der Waals surface area contributed by atoms with E-state index in [1.54, 1.807) is 12.1 Å². The van der Waals surface area contributed by atoms with Crippen LogP contribution in [0.5, 0.6) is 11.5 Å². The normalized spacial score (nSPS) is 12.0. The van der Waals surface area contributed by atoms with Crippen LogP contribution in [0.3, 0.4) is 0 Å². The largest absolute Gasteiger partial charge is 0.493 e. The Hall–Kier alpha value is -0.820.